The van der Waals surface area contributed by atoms with Crippen LogP contribution in [-0.4, -0.2) is 18.6 Å². The molecule has 0 radical (unpaired) electrons. The predicted octanol–water partition coefficient (Wildman–Crippen LogP) is 2.81. The Hall–Kier alpha value is -1.87. The van der Waals surface area contributed by atoms with Gasteiger partial charge in [-0.1, -0.05) is 36.4 Å². The summed E-state index contributed by atoms with van der Waals surface area (Å²) >= 11 is 0. The van der Waals surface area contributed by atoms with E-state index in [1.165, 1.54) is 0 Å². The Bertz CT molecular complexity index is 615. The van der Waals surface area contributed by atoms with Gasteiger partial charge in [-0.2, -0.15) is 0 Å². The lowest BCUT2D eigenvalue weighted by molar-refractivity contribution is -0.136. The highest BCUT2D eigenvalue weighted by molar-refractivity contribution is 5.92. The van der Waals surface area contributed by atoms with Crippen LogP contribution in [0, 0.1) is 6.92 Å². The zero-order chi connectivity index (χ0) is 13.2. The van der Waals surface area contributed by atoms with E-state index in [0.717, 1.165) is 35.7 Å². The molecule has 1 atom stereocenters. The van der Waals surface area contributed by atoms with Crippen molar-refractivity contribution in [2.45, 2.75) is 25.8 Å². The summed E-state index contributed by atoms with van der Waals surface area (Å²) in [5.74, 6) is 0.522. The van der Waals surface area contributed by atoms with Crippen LogP contribution < -0.4 is 10.1 Å². The number of aryl methyl sites for hydroxylation is 1. The van der Waals surface area contributed by atoms with Crippen LogP contribution in [0.3, 0.4) is 0 Å². The van der Waals surface area contributed by atoms with Crippen molar-refractivity contribution in [3.63, 3.8) is 0 Å². The van der Waals surface area contributed by atoms with Gasteiger partial charge in [-0.05, 0) is 37.3 Å². The number of esters is 1. The Balaban J connectivity index is 1.95. The highest BCUT2D eigenvalue weighted by atomic mass is 16.5. The first-order valence-corrected chi connectivity index (χ1v) is 6.69. The lowest BCUT2D eigenvalue weighted by Crippen LogP contribution is -2.34. The Morgan fingerprint density at radius 3 is 2.89 bits per heavy atom. The highest BCUT2D eigenvalue weighted by Gasteiger charge is 2.24. The second kappa shape index (κ2) is 5.02. The van der Waals surface area contributed by atoms with Gasteiger partial charge in [-0.25, -0.2) is 4.79 Å². The van der Waals surface area contributed by atoms with Crippen molar-refractivity contribution in [3.05, 3.63) is 42.0 Å². The van der Waals surface area contributed by atoms with Gasteiger partial charge in [0.1, 0.15) is 11.8 Å². The van der Waals surface area contributed by atoms with Crippen LogP contribution in [-0.2, 0) is 4.79 Å². The van der Waals surface area contributed by atoms with E-state index >= 15 is 0 Å². The molecule has 1 fully saturated rings. The van der Waals surface area contributed by atoms with Crippen molar-refractivity contribution < 1.29 is 9.53 Å². The summed E-state index contributed by atoms with van der Waals surface area (Å²) < 4.78 is 5.64. The molecule has 1 heterocycles. The van der Waals surface area contributed by atoms with E-state index in [1.54, 1.807) is 0 Å². The highest BCUT2D eigenvalue weighted by Crippen LogP contribution is 2.29. The Morgan fingerprint density at radius 2 is 2.11 bits per heavy atom. The number of carbonyl (C=O) groups excluding carboxylic acids is 1. The molecule has 3 nitrogen and oxygen atoms in total. The van der Waals surface area contributed by atoms with Gasteiger partial charge in [0, 0.05) is 5.39 Å². The Kier molecular flexibility index (Phi) is 3.22. The summed E-state index contributed by atoms with van der Waals surface area (Å²) in [6.45, 7) is 2.87. The predicted molar refractivity (Wildman–Crippen MR) is 75.3 cm³/mol. The van der Waals surface area contributed by atoms with E-state index < -0.39 is 0 Å². The fourth-order valence-electron chi connectivity index (χ4n) is 2.54. The molecule has 0 aliphatic carbocycles. The van der Waals surface area contributed by atoms with E-state index in [2.05, 4.69) is 11.4 Å². The average Bonchev–Trinajstić information content (AvgIpc) is 2.96. The lowest BCUT2D eigenvalue weighted by Gasteiger charge is -2.14. The number of ether oxygens (including phenoxy) is 1. The van der Waals surface area contributed by atoms with E-state index in [1.807, 2.05) is 37.3 Å². The minimum Gasteiger partial charge on any atom is -0.424 e. The molecule has 0 bridgehead atoms. The minimum absolute atomic E-state index is 0.154. The van der Waals surface area contributed by atoms with Crippen LogP contribution in [0.25, 0.3) is 10.8 Å². The number of hydrogen-bond donors (Lipinski definition) is 1. The minimum atomic E-state index is -0.169. The maximum absolute atomic E-state index is 12.1. The number of carbonyl (C=O) groups is 1. The lowest BCUT2D eigenvalue weighted by atomic mass is 10.1. The van der Waals surface area contributed by atoms with E-state index in [9.17, 15) is 4.79 Å². The molecule has 2 aromatic carbocycles. The number of nitrogens with one attached hydrogen (secondary N) is 1. The number of benzene rings is 2. The third-order valence-electron chi connectivity index (χ3n) is 3.62. The number of fused-ring (bicyclic) bond motifs is 1. The van der Waals surface area contributed by atoms with Crippen molar-refractivity contribution >= 4 is 16.7 Å². The van der Waals surface area contributed by atoms with Crippen molar-refractivity contribution in [3.8, 4) is 5.75 Å². The van der Waals surface area contributed by atoms with Gasteiger partial charge in [-0.15, -0.1) is 0 Å². The van der Waals surface area contributed by atoms with Crippen LogP contribution in [0.2, 0.25) is 0 Å². The first kappa shape index (κ1) is 12.2. The quantitative estimate of drug-likeness (QED) is 0.662. The topological polar surface area (TPSA) is 38.3 Å². The molecule has 2 aromatic rings. The van der Waals surface area contributed by atoms with Crippen molar-refractivity contribution in [2.75, 3.05) is 6.54 Å². The maximum Gasteiger partial charge on any atom is 0.328 e. The van der Waals surface area contributed by atoms with Crippen LogP contribution in [0.4, 0.5) is 0 Å². The molecule has 3 rings (SSSR count). The van der Waals surface area contributed by atoms with Gasteiger partial charge >= 0.3 is 5.97 Å². The third kappa shape index (κ3) is 2.34. The first-order valence-electron chi connectivity index (χ1n) is 6.69. The average molecular weight is 255 g/mol. The maximum atomic E-state index is 12.1. The summed E-state index contributed by atoms with van der Waals surface area (Å²) in [6, 6.07) is 11.9. The van der Waals surface area contributed by atoms with Gasteiger partial charge in [0.05, 0.1) is 0 Å². The zero-order valence-electron chi connectivity index (χ0n) is 11.0. The molecular formula is C16H17NO2. The molecule has 0 saturated carbocycles. The molecule has 1 N–H and O–H groups in total. The summed E-state index contributed by atoms with van der Waals surface area (Å²) in [6.07, 6.45) is 1.90. The van der Waals surface area contributed by atoms with Crippen LogP contribution in [0.5, 0.6) is 5.75 Å². The van der Waals surface area contributed by atoms with E-state index in [-0.39, 0.29) is 12.0 Å². The molecule has 1 saturated heterocycles. The molecular weight excluding hydrogens is 238 g/mol. The first-order chi connectivity index (χ1) is 9.25. The fraction of sp³-hybridized carbons (Fsp3) is 0.312. The Labute approximate surface area is 112 Å². The largest absolute Gasteiger partial charge is 0.424 e. The van der Waals surface area contributed by atoms with E-state index in [0.29, 0.717) is 5.75 Å². The number of rotatable bonds is 2. The molecule has 0 unspecified atom stereocenters. The molecule has 19 heavy (non-hydrogen) atoms. The summed E-state index contributed by atoms with van der Waals surface area (Å²) in [4.78, 5) is 12.1. The summed E-state index contributed by atoms with van der Waals surface area (Å²) in [5.41, 5.74) is 0.991. The second-order valence-electron chi connectivity index (χ2n) is 5.00. The van der Waals surface area contributed by atoms with Crippen molar-refractivity contribution in [2.24, 2.45) is 0 Å². The molecule has 0 amide bonds. The van der Waals surface area contributed by atoms with Gasteiger partial charge < -0.3 is 10.1 Å². The monoisotopic (exact) mass is 255 g/mol. The molecule has 0 spiro atoms. The molecule has 3 heteroatoms. The smallest absolute Gasteiger partial charge is 0.328 e. The van der Waals surface area contributed by atoms with Gasteiger partial charge in [0.2, 0.25) is 0 Å². The second-order valence-corrected chi connectivity index (χ2v) is 5.00. The molecule has 1 aliphatic rings. The normalized spacial score (nSPS) is 18.7. The van der Waals surface area contributed by atoms with Crippen molar-refractivity contribution in [1.29, 1.82) is 0 Å². The SMILES string of the molecule is Cc1ccc2ccccc2c1OC(=O)[C@@H]1CCCN1. The standard InChI is InChI=1S/C16H17NO2/c1-11-8-9-12-5-2-3-6-13(12)15(11)19-16(18)14-7-4-10-17-14/h2-3,5-6,8-9,14,17H,4,7,10H2,1H3/t14-/m0/s1. The van der Waals surface area contributed by atoms with Gasteiger partial charge in [0.25, 0.3) is 0 Å². The van der Waals surface area contributed by atoms with Crippen LogP contribution in [0.1, 0.15) is 18.4 Å². The van der Waals surface area contributed by atoms with Crippen molar-refractivity contribution in [1.82, 2.24) is 5.32 Å². The van der Waals surface area contributed by atoms with E-state index in [4.69, 9.17) is 4.74 Å². The molecule has 1 aliphatic heterocycles. The fourth-order valence-corrected chi connectivity index (χ4v) is 2.54. The molecule has 98 valence electrons. The van der Waals surface area contributed by atoms with Gasteiger partial charge in [-0.3, -0.25) is 0 Å². The zero-order valence-corrected chi connectivity index (χ0v) is 11.0. The van der Waals surface area contributed by atoms with Crippen LogP contribution in [0.15, 0.2) is 36.4 Å². The summed E-state index contributed by atoms with van der Waals surface area (Å²) in [7, 11) is 0. The number of hydrogen-bond acceptors (Lipinski definition) is 3. The Morgan fingerprint density at radius 1 is 1.26 bits per heavy atom. The van der Waals surface area contributed by atoms with Gasteiger partial charge in [0.15, 0.2) is 0 Å². The third-order valence-corrected chi connectivity index (χ3v) is 3.62. The van der Waals surface area contributed by atoms with Crippen LogP contribution >= 0.6 is 0 Å². The molecule has 0 aromatic heterocycles. The summed E-state index contributed by atoms with van der Waals surface area (Å²) in [5, 5.41) is 5.26.